The molecule has 1 N–H and O–H groups in total. The number of carbonyl (C=O) groups excluding carboxylic acids is 1. The van der Waals surface area contributed by atoms with Gasteiger partial charge in [-0.05, 0) is 0 Å². The number of rotatable bonds is 3. The second-order valence-electron chi connectivity index (χ2n) is 1.85. The lowest BCUT2D eigenvalue weighted by Crippen LogP contribution is -2.29. The first kappa shape index (κ1) is 11.7. The molecular weight excluding hydrogens is 245 g/mol. The zero-order valence-electron chi connectivity index (χ0n) is 5.77. The molecule has 12 heavy (non-hydrogen) atoms. The van der Waals surface area contributed by atoms with Gasteiger partial charge in [0.25, 0.3) is 0 Å². The van der Waals surface area contributed by atoms with E-state index in [0.717, 1.165) is 0 Å². The van der Waals surface area contributed by atoms with E-state index in [0.29, 0.717) is 0 Å². The molecule has 0 aromatic carbocycles. The summed E-state index contributed by atoms with van der Waals surface area (Å²) in [7, 11) is 0. The number of carbonyl (C=O) groups is 1. The summed E-state index contributed by atoms with van der Waals surface area (Å²) < 4.78 is 39.1. The highest BCUT2D eigenvalue weighted by Gasteiger charge is 2.38. The Morgan fingerprint density at radius 2 is 2.08 bits per heavy atom. The Morgan fingerprint density at radius 1 is 1.58 bits per heavy atom. The molecule has 7 heteroatoms. The van der Waals surface area contributed by atoms with Crippen LogP contribution in [0.15, 0.2) is 0 Å². The summed E-state index contributed by atoms with van der Waals surface area (Å²) in [5.41, 5.74) is 0. The summed E-state index contributed by atoms with van der Waals surface area (Å²) in [6.45, 7) is -1.75. The number of esters is 1. The predicted molar refractivity (Wildman–Crippen MR) is 36.8 cm³/mol. The Kier molecular flexibility index (Phi) is 4.54. The minimum Gasteiger partial charge on any atom is -0.462 e. The van der Waals surface area contributed by atoms with Crippen LogP contribution < -0.4 is 0 Å². The molecule has 3 nitrogen and oxygen atoms in total. The third kappa shape index (κ3) is 4.55. The van der Waals surface area contributed by atoms with Gasteiger partial charge < -0.3 is 9.84 Å². The van der Waals surface area contributed by atoms with Gasteiger partial charge in [-0.1, -0.05) is 15.9 Å². The van der Waals surface area contributed by atoms with Crippen LogP contribution in [0.25, 0.3) is 0 Å². The van der Waals surface area contributed by atoms with E-state index in [2.05, 4.69) is 20.7 Å². The minimum absolute atomic E-state index is 0.830. The monoisotopic (exact) mass is 250 g/mol. The molecule has 0 spiro atoms. The first-order valence-corrected chi connectivity index (χ1v) is 3.76. The fourth-order valence-electron chi connectivity index (χ4n) is 0.306. The lowest BCUT2D eigenvalue weighted by molar-refractivity contribution is -0.157. The lowest BCUT2D eigenvalue weighted by atomic mass is 10.4. The van der Waals surface area contributed by atoms with Crippen molar-refractivity contribution < 1.29 is 27.8 Å². The standard InChI is InChI=1S/C5H6BrF3O3/c6-3(5(7,8)9)2-12-4(11)1-10/h3,10H,1-2H2. The number of hydrogen-bond donors (Lipinski definition) is 1. The van der Waals surface area contributed by atoms with Gasteiger partial charge in [-0.25, -0.2) is 4.79 Å². The maximum atomic E-state index is 11.7. The topological polar surface area (TPSA) is 46.5 Å². The van der Waals surface area contributed by atoms with Crippen LogP contribution in [0.1, 0.15) is 0 Å². The molecule has 1 unspecified atom stereocenters. The fraction of sp³-hybridized carbons (Fsp3) is 0.800. The van der Waals surface area contributed by atoms with Gasteiger partial charge in [0.15, 0.2) is 0 Å². The van der Waals surface area contributed by atoms with Gasteiger partial charge in [-0.3, -0.25) is 0 Å². The summed E-state index contributed by atoms with van der Waals surface area (Å²) in [6, 6.07) is 0. The lowest BCUT2D eigenvalue weighted by Gasteiger charge is -2.13. The summed E-state index contributed by atoms with van der Waals surface area (Å²) in [5.74, 6) is -1.08. The van der Waals surface area contributed by atoms with Crippen molar-refractivity contribution in [2.45, 2.75) is 11.0 Å². The van der Waals surface area contributed by atoms with Gasteiger partial charge in [0.2, 0.25) is 0 Å². The largest absolute Gasteiger partial charge is 0.462 e. The number of aliphatic hydroxyl groups is 1. The Morgan fingerprint density at radius 3 is 2.42 bits per heavy atom. The number of aliphatic hydroxyl groups excluding tert-OH is 1. The molecule has 0 heterocycles. The molecule has 0 amide bonds. The molecule has 0 saturated carbocycles. The molecule has 0 saturated heterocycles. The molecule has 0 aliphatic carbocycles. The van der Waals surface area contributed by atoms with E-state index in [4.69, 9.17) is 5.11 Å². The SMILES string of the molecule is O=C(CO)OCC(Br)C(F)(F)F. The summed E-state index contributed by atoms with van der Waals surface area (Å²) in [4.78, 5) is 8.29. The molecule has 0 bridgehead atoms. The highest BCUT2D eigenvalue weighted by Crippen LogP contribution is 2.26. The van der Waals surface area contributed by atoms with E-state index >= 15 is 0 Å². The third-order valence-corrected chi connectivity index (χ3v) is 1.66. The number of ether oxygens (including phenoxy) is 1. The van der Waals surface area contributed by atoms with Gasteiger partial charge in [0, 0.05) is 0 Å². The fourth-order valence-corrected chi connectivity index (χ4v) is 0.438. The van der Waals surface area contributed by atoms with Crippen molar-refractivity contribution in [2.75, 3.05) is 13.2 Å². The van der Waals surface area contributed by atoms with Gasteiger partial charge >= 0.3 is 12.1 Å². The van der Waals surface area contributed by atoms with Crippen LogP contribution >= 0.6 is 15.9 Å². The van der Waals surface area contributed by atoms with E-state index in [1.807, 2.05) is 0 Å². The molecule has 0 radical (unpaired) electrons. The van der Waals surface area contributed by atoms with Crippen LogP contribution in [-0.2, 0) is 9.53 Å². The van der Waals surface area contributed by atoms with Crippen molar-refractivity contribution in [3.63, 3.8) is 0 Å². The Balaban J connectivity index is 3.72. The molecule has 0 aromatic rings. The molecule has 0 aromatic heterocycles. The Labute approximate surface area is 74.6 Å². The summed E-state index contributed by atoms with van der Waals surface area (Å²) >= 11 is 2.27. The zero-order valence-corrected chi connectivity index (χ0v) is 7.35. The molecule has 72 valence electrons. The van der Waals surface area contributed by atoms with Crippen molar-refractivity contribution in [1.29, 1.82) is 0 Å². The van der Waals surface area contributed by atoms with Crippen LogP contribution in [0.2, 0.25) is 0 Å². The van der Waals surface area contributed by atoms with E-state index < -0.39 is 30.2 Å². The smallest absolute Gasteiger partial charge is 0.404 e. The summed E-state index contributed by atoms with van der Waals surface area (Å²) in [6.07, 6.45) is -4.45. The maximum absolute atomic E-state index is 11.7. The normalized spacial score (nSPS) is 14.1. The van der Waals surface area contributed by atoms with E-state index in [-0.39, 0.29) is 0 Å². The number of alkyl halides is 4. The first-order chi connectivity index (χ1) is 5.38. The minimum atomic E-state index is -4.45. The van der Waals surface area contributed by atoms with Gasteiger partial charge in [-0.15, -0.1) is 0 Å². The highest BCUT2D eigenvalue weighted by atomic mass is 79.9. The highest BCUT2D eigenvalue weighted by molar-refractivity contribution is 9.09. The van der Waals surface area contributed by atoms with Crippen LogP contribution in [0.3, 0.4) is 0 Å². The average molecular weight is 251 g/mol. The van der Waals surface area contributed by atoms with Crippen molar-refractivity contribution >= 4 is 21.9 Å². The molecule has 1 atom stereocenters. The van der Waals surface area contributed by atoms with E-state index in [1.54, 1.807) is 0 Å². The number of hydrogen-bond acceptors (Lipinski definition) is 3. The second-order valence-corrected chi connectivity index (χ2v) is 2.96. The van der Waals surface area contributed by atoms with Crippen molar-refractivity contribution in [3.05, 3.63) is 0 Å². The predicted octanol–water partition coefficient (Wildman–Crippen LogP) is 0.848. The van der Waals surface area contributed by atoms with Crippen molar-refractivity contribution in [2.24, 2.45) is 0 Å². The molecular formula is C5H6BrF3O3. The maximum Gasteiger partial charge on any atom is 0.404 e. The quantitative estimate of drug-likeness (QED) is 0.597. The van der Waals surface area contributed by atoms with Gasteiger partial charge in [0.1, 0.15) is 18.0 Å². The molecule has 0 aliphatic rings. The van der Waals surface area contributed by atoms with Crippen LogP contribution in [0, 0.1) is 0 Å². The molecule has 0 rings (SSSR count). The zero-order chi connectivity index (χ0) is 9.78. The van der Waals surface area contributed by atoms with E-state index in [1.165, 1.54) is 0 Å². The third-order valence-electron chi connectivity index (χ3n) is 0.875. The van der Waals surface area contributed by atoms with Crippen LogP contribution in [0.4, 0.5) is 13.2 Å². The van der Waals surface area contributed by atoms with Crippen molar-refractivity contribution in [1.82, 2.24) is 0 Å². The Bertz CT molecular complexity index is 159. The van der Waals surface area contributed by atoms with Crippen molar-refractivity contribution in [3.8, 4) is 0 Å². The Hall–Kier alpha value is -0.300. The van der Waals surface area contributed by atoms with Gasteiger partial charge in [-0.2, -0.15) is 13.2 Å². The van der Waals surface area contributed by atoms with Crippen LogP contribution in [-0.4, -0.2) is 35.3 Å². The molecule has 0 fully saturated rings. The molecule has 0 aliphatic heterocycles. The van der Waals surface area contributed by atoms with E-state index in [9.17, 15) is 18.0 Å². The average Bonchev–Trinajstić information content (AvgIpc) is 1.97. The van der Waals surface area contributed by atoms with Gasteiger partial charge in [0.05, 0.1) is 0 Å². The number of halogens is 4. The second kappa shape index (κ2) is 4.66. The summed E-state index contributed by atoms with van der Waals surface area (Å²) in [5, 5.41) is 8.08. The first-order valence-electron chi connectivity index (χ1n) is 2.85. The van der Waals surface area contributed by atoms with Crippen LogP contribution in [0.5, 0.6) is 0 Å².